The number of anilines is 1. The van der Waals surface area contributed by atoms with Gasteiger partial charge in [0.15, 0.2) is 0 Å². The largest absolute Gasteiger partial charge is 0.478 e. The smallest absolute Gasteiger partial charge is 0.335 e. The number of nitrogens with zero attached hydrogens (tertiary/aromatic N) is 1. The van der Waals surface area contributed by atoms with E-state index in [9.17, 15) is 14.4 Å². The average molecular weight is 426 g/mol. The number of thioether (sulfide) groups is 1. The quantitative estimate of drug-likeness (QED) is 0.552. The van der Waals surface area contributed by atoms with Crippen LogP contribution in [0.15, 0.2) is 70.0 Å². The van der Waals surface area contributed by atoms with Crippen LogP contribution < -0.4 is 4.90 Å². The van der Waals surface area contributed by atoms with Crippen LogP contribution in [-0.4, -0.2) is 22.2 Å². The number of hydrogen-bond acceptors (Lipinski definition) is 5. The van der Waals surface area contributed by atoms with Crippen molar-refractivity contribution in [3.8, 4) is 11.3 Å². The van der Waals surface area contributed by atoms with Crippen molar-refractivity contribution in [3.63, 3.8) is 0 Å². The molecule has 0 spiro atoms. The number of imide groups is 1. The minimum atomic E-state index is -1.03. The maximum atomic E-state index is 12.7. The molecule has 1 aromatic heterocycles. The highest BCUT2D eigenvalue weighted by Gasteiger charge is 2.36. The number of benzene rings is 2. The molecule has 3 aromatic rings. The fraction of sp³-hybridized carbons (Fsp3) is 0. The van der Waals surface area contributed by atoms with Crippen LogP contribution in [0.25, 0.3) is 17.4 Å². The van der Waals surface area contributed by atoms with Gasteiger partial charge in [-0.05, 0) is 54.2 Å². The molecule has 0 saturated carbocycles. The van der Waals surface area contributed by atoms with Crippen LogP contribution in [-0.2, 0) is 4.79 Å². The van der Waals surface area contributed by atoms with Crippen LogP contribution in [0, 0.1) is 0 Å². The van der Waals surface area contributed by atoms with Crippen molar-refractivity contribution in [2.24, 2.45) is 0 Å². The lowest BCUT2D eigenvalue weighted by molar-refractivity contribution is -0.113. The summed E-state index contributed by atoms with van der Waals surface area (Å²) >= 11 is 6.76. The Hall–Kier alpha value is -3.29. The summed E-state index contributed by atoms with van der Waals surface area (Å²) in [6.07, 6.45) is 1.49. The number of carboxylic acids is 1. The number of furan rings is 1. The monoisotopic (exact) mass is 425 g/mol. The zero-order valence-corrected chi connectivity index (χ0v) is 16.2. The molecule has 2 heterocycles. The molecule has 0 aliphatic carbocycles. The predicted octanol–water partition coefficient (Wildman–Crippen LogP) is 5.54. The first-order chi connectivity index (χ1) is 13.9. The lowest BCUT2D eigenvalue weighted by Crippen LogP contribution is -2.27. The number of aromatic carboxylic acids is 1. The Labute approximate surface area is 174 Å². The second-order valence-corrected chi connectivity index (χ2v) is 7.51. The molecular weight excluding hydrogens is 414 g/mol. The van der Waals surface area contributed by atoms with Crippen molar-refractivity contribution in [1.29, 1.82) is 0 Å². The molecule has 2 aromatic carbocycles. The third-order valence-corrected chi connectivity index (χ3v) is 5.26. The van der Waals surface area contributed by atoms with E-state index in [0.29, 0.717) is 27.8 Å². The van der Waals surface area contributed by atoms with Crippen molar-refractivity contribution in [2.75, 3.05) is 4.90 Å². The summed E-state index contributed by atoms with van der Waals surface area (Å²) in [6, 6.07) is 16.1. The molecule has 0 bridgehead atoms. The third kappa shape index (κ3) is 3.83. The van der Waals surface area contributed by atoms with Crippen molar-refractivity contribution in [2.45, 2.75) is 0 Å². The highest BCUT2D eigenvalue weighted by atomic mass is 35.5. The molecular formula is C21H12ClNO5S. The van der Waals surface area contributed by atoms with Gasteiger partial charge in [-0.2, -0.15) is 0 Å². The molecule has 6 nitrogen and oxygen atoms in total. The van der Waals surface area contributed by atoms with Gasteiger partial charge in [0.05, 0.1) is 16.2 Å². The number of carbonyl (C=O) groups is 3. The highest BCUT2D eigenvalue weighted by Crippen LogP contribution is 2.37. The Morgan fingerprint density at radius 1 is 1.07 bits per heavy atom. The molecule has 0 radical (unpaired) electrons. The number of carbonyl (C=O) groups excluding carboxylic acids is 2. The van der Waals surface area contributed by atoms with Crippen LogP contribution in [0.3, 0.4) is 0 Å². The van der Waals surface area contributed by atoms with Gasteiger partial charge >= 0.3 is 5.97 Å². The Kier molecular flexibility index (Phi) is 5.00. The van der Waals surface area contributed by atoms with E-state index in [4.69, 9.17) is 21.1 Å². The first-order valence-electron chi connectivity index (χ1n) is 8.39. The van der Waals surface area contributed by atoms with Gasteiger partial charge in [0.1, 0.15) is 11.5 Å². The fourth-order valence-corrected chi connectivity index (χ4v) is 3.83. The number of hydrogen-bond donors (Lipinski definition) is 1. The van der Waals surface area contributed by atoms with Gasteiger partial charge in [-0.3, -0.25) is 9.59 Å². The molecule has 0 unspecified atom stereocenters. The Morgan fingerprint density at radius 2 is 1.86 bits per heavy atom. The van der Waals surface area contributed by atoms with Gasteiger partial charge < -0.3 is 9.52 Å². The Balaban J connectivity index is 1.61. The SMILES string of the molecule is O=C(O)c1cccc(-c2ccc(/C=C3\SC(=O)N(c4cccc(Cl)c4)C3=O)o2)c1. The summed E-state index contributed by atoms with van der Waals surface area (Å²) in [6.45, 7) is 0. The van der Waals surface area contributed by atoms with E-state index in [1.807, 2.05) is 0 Å². The zero-order chi connectivity index (χ0) is 20.5. The van der Waals surface area contributed by atoms with Crippen molar-refractivity contribution in [1.82, 2.24) is 0 Å². The molecule has 1 aliphatic rings. The summed E-state index contributed by atoms with van der Waals surface area (Å²) in [4.78, 5) is 37.4. The topological polar surface area (TPSA) is 87.8 Å². The lowest BCUT2D eigenvalue weighted by atomic mass is 10.1. The van der Waals surface area contributed by atoms with Gasteiger partial charge in [0.25, 0.3) is 11.1 Å². The van der Waals surface area contributed by atoms with Crippen molar-refractivity contribution in [3.05, 3.63) is 81.9 Å². The first-order valence-corrected chi connectivity index (χ1v) is 9.59. The maximum absolute atomic E-state index is 12.7. The molecule has 1 fully saturated rings. The molecule has 1 aliphatic heterocycles. The first kappa shape index (κ1) is 19.0. The molecule has 29 heavy (non-hydrogen) atoms. The minimum Gasteiger partial charge on any atom is -0.478 e. The van der Waals surface area contributed by atoms with E-state index >= 15 is 0 Å². The van der Waals surface area contributed by atoms with Crippen molar-refractivity contribution >= 4 is 52.2 Å². The molecule has 4 rings (SSSR count). The van der Waals surface area contributed by atoms with Crippen LogP contribution in [0.2, 0.25) is 5.02 Å². The molecule has 8 heteroatoms. The maximum Gasteiger partial charge on any atom is 0.335 e. The van der Waals surface area contributed by atoms with Gasteiger partial charge in [-0.15, -0.1) is 0 Å². The van der Waals surface area contributed by atoms with E-state index in [0.717, 1.165) is 16.7 Å². The van der Waals surface area contributed by atoms with Gasteiger partial charge in [0, 0.05) is 16.7 Å². The normalized spacial score (nSPS) is 15.3. The minimum absolute atomic E-state index is 0.142. The Bertz CT molecular complexity index is 1180. The predicted molar refractivity (Wildman–Crippen MR) is 111 cm³/mol. The van der Waals surface area contributed by atoms with Gasteiger partial charge in [-0.25, -0.2) is 9.69 Å². The Morgan fingerprint density at radius 3 is 2.62 bits per heavy atom. The van der Waals surface area contributed by atoms with Crippen LogP contribution in [0.1, 0.15) is 16.1 Å². The average Bonchev–Trinajstić information content (AvgIpc) is 3.26. The summed E-state index contributed by atoms with van der Waals surface area (Å²) in [5.74, 6) is -0.674. The number of carboxylic acid groups (broad SMARTS) is 1. The van der Waals surface area contributed by atoms with E-state index in [1.54, 1.807) is 48.5 Å². The van der Waals surface area contributed by atoms with Gasteiger partial charge in [0.2, 0.25) is 0 Å². The van der Waals surface area contributed by atoms with Crippen molar-refractivity contribution < 1.29 is 23.9 Å². The number of amides is 2. The molecule has 144 valence electrons. The summed E-state index contributed by atoms with van der Waals surface area (Å²) < 4.78 is 5.72. The van der Waals surface area contributed by atoms with Crippen LogP contribution in [0.4, 0.5) is 10.5 Å². The second kappa shape index (κ2) is 7.62. The van der Waals surface area contributed by atoms with E-state index in [1.165, 1.54) is 18.2 Å². The molecule has 1 saturated heterocycles. The second-order valence-electron chi connectivity index (χ2n) is 6.08. The van der Waals surface area contributed by atoms with Gasteiger partial charge in [-0.1, -0.05) is 29.8 Å². The van der Waals surface area contributed by atoms with Crippen LogP contribution in [0.5, 0.6) is 0 Å². The summed E-state index contributed by atoms with van der Waals surface area (Å²) in [5, 5.41) is 9.11. The van der Waals surface area contributed by atoms with E-state index in [2.05, 4.69) is 0 Å². The number of halogens is 1. The number of rotatable bonds is 4. The summed E-state index contributed by atoms with van der Waals surface area (Å²) in [7, 11) is 0. The molecule has 0 atom stereocenters. The van der Waals surface area contributed by atoms with Crippen LogP contribution >= 0.6 is 23.4 Å². The highest BCUT2D eigenvalue weighted by molar-refractivity contribution is 8.19. The third-order valence-electron chi connectivity index (χ3n) is 4.15. The molecule has 1 N–H and O–H groups in total. The summed E-state index contributed by atoms with van der Waals surface area (Å²) in [5.41, 5.74) is 1.13. The van der Waals surface area contributed by atoms with E-state index in [-0.39, 0.29) is 10.5 Å². The molecule has 2 amide bonds. The fourth-order valence-electron chi connectivity index (χ4n) is 2.83. The lowest BCUT2D eigenvalue weighted by Gasteiger charge is -2.12. The zero-order valence-electron chi connectivity index (χ0n) is 14.7. The van der Waals surface area contributed by atoms with E-state index < -0.39 is 17.1 Å². The standard InChI is InChI=1S/C21H12ClNO5S/c22-14-5-2-6-15(10-14)23-19(24)18(29-21(23)27)11-16-7-8-17(28-16)12-3-1-4-13(9-12)20(25)26/h1-11H,(H,25,26)/b18-11-.